The Balaban J connectivity index is 2.49. The van der Waals surface area contributed by atoms with E-state index in [9.17, 15) is 8.42 Å². The first-order valence-electron chi connectivity index (χ1n) is 4.20. The van der Waals surface area contributed by atoms with Crippen molar-refractivity contribution < 1.29 is 13.3 Å². The van der Waals surface area contributed by atoms with Crippen LogP contribution in [0.2, 0.25) is 0 Å². The summed E-state index contributed by atoms with van der Waals surface area (Å²) in [7, 11) is -2.02. The van der Waals surface area contributed by atoms with Crippen LogP contribution in [-0.4, -0.2) is 21.3 Å². The smallest absolute Gasteiger partial charge is 0.233 e. The zero-order valence-electron chi connectivity index (χ0n) is 7.93. The molecule has 4 nitrogen and oxygen atoms in total. The van der Waals surface area contributed by atoms with Gasteiger partial charge in [0, 0.05) is 0 Å². The van der Waals surface area contributed by atoms with Crippen LogP contribution in [0.1, 0.15) is 5.56 Å². The fraction of sp³-hybridized carbons (Fsp3) is 0.333. The van der Waals surface area contributed by atoms with Gasteiger partial charge < -0.3 is 0 Å². The number of nitrogens with one attached hydrogen (secondary N) is 1. The van der Waals surface area contributed by atoms with Crippen molar-refractivity contribution in [1.29, 1.82) is 0 Å². The molecule has 5 heteroatoms. The second kappa shape index (κ2) is 5.09. The lowest BCUT2D eigenvalue weighted by Gasteiger charge is -2.03. The zero-order chi connectivity index (χ0) is 10.4. The molecule has 0 amide bonds. The molecular weight excluding hydrogens is 202 g/mol. The molecule has 0 spiro atoms. The van der Waals surface area contributed by atoms with Crippen LogP contribution in [0, 0.1) is 0 Å². The number of benzene rings is 1. The molecule has 0 fully saturated rings. The fourth-order valence-corrected chi connectivity index (χ4v) is 1.91. The maximum absolute atomic E-state index is 11.2. The monoisotopic (exact) mass is 215 g/mol. The Morgan fingerprint density at radius 3 is 2.50 bits per heavy atom. The van der Waals surface area contributed by atoms with Gasteiger partial charge in [0.15, 0.2) is 0 Å². The van der Waals surface area contributed by atoms with E-state index in [4.69, 9.17) is 0 Å². The molecule has 0 saturated heterocycles. The average Bonchev–Trinajstić information content (AvgIpc) is 2.17. The van der Waals surface area contributed by atoms with Gasteiger partial charge in [-0.3, -0.25) is 4.84 Å². The zero-order valence-corrected chi connectivity index (χ0v) is 8.75. The van der Waals surface area contributed by atoms with Crippen molar-refractivity contribution in [3.63, 3.8) is 0 Å². The van der Waals surface area contributed by atoms with Gasteiger partial charge in [0.2, 0.25) is 10.0 Å². The minimum atomic E-state index is -3.30. The van der Waals surface area contributed by atoms with Gasteiger partial charge in [-0.15, -0.1) is 0 Å². The molecule has 0 heterocycles. The van der Waals surface area contributed by atoms with E-state index in [1.807, 2.05) is 35.2 Å². The second-order valence-corrected chi connectivity index (χ2v) is 4.65. The van der Waals surface area contributed by atoms with E-state index >= 15 is 0 Å². The molecule has 14 heavy (non-hydrogen) atoms. The van der Waals surface area contributed by atoms with Crippen molar-refractivity contribution in [2.75, 3.05) is 12.9 Å². The van der Waals surface area contributed by atoms with Crippen LogP contribution in [0.3, 0.4) is 0 Å². The number of hydrogen-bond acceptors (Lipinski definition) is 3. The van der Waals surface area contributed by atoms with E-state index < -0.39 is 10.0 Å². The summed E-state index contributed by atoms with van der Waals surface area (Å²) in [6, 6.07) is 9.44. The summed E-state index contributed by atoms with van der Waals surface area (Å²) in [5, 5.41) is 0. The fourth-order valence-electron chi connectivity index (χ4n) is 1.07. The first kappa shape index (κ1) is 11.2. The molecule has 1 rings (SSSR count). The molecule has 1 aromatic carbocycles. The highest BCUT2D eigenvalue weighted by molar-refractivity contribution is 7.89. The molecule has 0 aliphatic heterocycles. The molecule has 0 unspecified atom stereocenters. The Morgan fingerprint density at radius 2 is 1.93 bits per heavy atom. The van der Waals surface area contributed by atoms with E-state index in [1.54, 1.807) is 0 Å². The number of sulfonamides is 1. The molecule has 0 aliphatic rings. The highest BCUT2D eigenvalue weighted by Gasteiger charge is 2.08. The molecule has 0 aromatic heterocycles. The highest BCUT2D eigenvalue weighted by atomic mass is 32.2. The van der Waals surface area contributed by atoms with E-state index in [-0.39, 0.29) is 5.75 Å². The molecule has 78 valence electrons. The summed E-state index contributed by atoms with van der Waals surface area (Å²) in [4.78, 5) is 6.32. The minimum Gasteiger partial charge on any atom is -0.290 e. The van der Waals surface area contributed by atoms with Gasteiger partial charge in [0.1, 0.15) is 0 Å². The van der Waals surface area contributed by atoms with E-state index in [1.165, 1.54) is 7.11 Å². The van der Waals surface area contributed by atoms with Gasteiger partial charge in [0.25, 0.3) is 0 Å². The summed E-state index contributed by atoms with van der Waals surface area (Å²) < 4.78 is 22.3. The summed E-state index contributed by atoms with van der Waals surface area (Å²) in [6.07, 6.45) is 0.486. The average molecular weight is 215 g/mol. The first-order valence-corrected chi connectivity index (χ1v) is 5.86. The molecular formula is C9H13NO3S. The lowest BCUT2D eigenvalue weighted by Crippen LogP contribution is -2.26. The Kier molecular flexibility index (Phi) is 4.06. The number of aryl methyl sites for hydroxylation is 1. The predicted molar refractivity (Wildman–Crippen MR) is 54.1 cm³/mol. The Hall–Kier alpha value is -0.910. The van der Waals surface area contributed by atoms with Crippen molar-refractivity contribution in [1.82, 2.24) is 4.89 Å². The maximum Gasteiger partial charge on any atom is 0.233 e. The summed E-state index contributed by atoms with van der Waals surface area (Å²) in [5.74, 6) is 0.0326. The van der Waals surface area contributed by atoms with Crippen molar-refractivity contribution >= 4 is 10.0 Å². The van der Waals surface area contributed by atoms with Crippen molar-refractivity contribution in [2.24, 2.45) is 0 Å². The molecule has 0 bridgehead atoms. The van der Waals surface area contributed by atoms with Crippen molar-refractivity contribution in [3.8, 4) is 0 Å². The summed E-state index contributed by atoms with van der Waals surface area (Å²) >= 11 is 0. The van der Waals surface area contributed by atoms with Gasteiger partial charge in [-0.05, 0) is 12.0 Å². The summed E-state index contributed by atoms with van der Waals surface area (Å²) in [5.41, 5.74) is 0.994. The largest absolute Gasteiger partial charge is 0.290 e. The van der Waals surface area contributed by atoms with Crippen LogP contribution in [0.25, 0.3) is 0 Å². The number of rotatable bonds is 5. The topological polar surface area (TPSA) is 55.4 Å². The third kappa shape index (κ3) is 3.87. The Morgan fingerprint density at radius 1 is 1.29 bits per heavy atom. The van der Waals surface area contributed by atoms with Crippen LogP contribution in [0.5, 0.6) is 0 Å². The first-order chi connectivity index (χ1) is 6.64. The molecule has 0 saturated carbocycles. The minimum absolute atomic E-state index is 0.0326. The lowest BCUT2D eigenvalue weighted by atomic mass is 10.2. The van der Waals surface area contributed by atoms with Crippen LogP contribution in [0.4, 0.5) is 0 Å². The van der Waals surface area contributed by atoms with E-state index in [0.717, 1.165) is 5.56 Å². The van der Waals surface area contributed by atoms with E-state index in [2.05, 4.69) is 4.84 Å². The SMILES string of the molecule is CONS(=O)(=O)CCc1ccccc1. The van der Waals surface area contributed by atoms with Crippen LogP contribution in [-0.2, 0) is 21.3 Å². The second-order valence-electron chi connectivity index (χ2n) is 2.84. The normalized spacial score (nSPS) is 11.5. The maximum atomic E-state index is 11.2. The van der Waals surface area contributed by atoms with Gasteiger partial charge in [0.05, 0.1) is 12.9 Å². The Labute approximate surface area is 83.9 Å². The van der Waals surface area contributed by atoms with E-state index in [0.29, 0.717) is 6.42 Å². The van der Waals surface area contributed by atoms with Crippen molar-refractivity contribution in [3.05, 3.63) is 35.9 Å². The van der Waals surface area contributed by atoms with Gasteiger partial charge >= 0.3 is 0 Å². The van der Waals surface area contributed by atoms with Gasteiger partial charge in [-0.1, -0.05) is 35.2 Å². The Bertz CT molecular complexity index is 361. The third-order valence-electron chi connectivity index (χ3n) is 1.71. The summed E-state index contributed by atoms with van der Waals surface area (Å²) in [6.45, 7) is 0. The van der Waals surface area contributed by atoms with Crippen LogP contribution >= 0.6 is 0 Å². The standard InChI is InChI=1S/C9H13NO3S/c1-13-10-14(11,12)8-7-9-5-3-2-4-6-9/h2-6,10H,7-8H2,1H3. The molecule has 1 aromatic rings. The molecule has 0 aliphatic carbocycles. The molecule has 0 atom stereocenters. The lowest BCUT2D eigenvalue weighted by molar-refractivity contribution is 0.153. The quantitative estimate of drug-likeness (QED) is 0.736. The molecule has 0 radical (unpaired) electrons. The third-order valence-corrected chi connectivity index (χ3v) is 2.87. The van der Waals surface area contributed by atoms with Gasteiger partial charge in [-0.25, -0.2) is 8.42 Å². The van der Waals surface area contributed by atoms with Crippen molar-refractivity contribution in [2.45, 2.75) is 6.42 Å². The van der Waals surface area contributed by atoms with Crippen LogP contribution < -0.4 is 4.89 Å². The van der Waals surface area contributed by atoms with Gasteiger partial charge in [-0.2, -0.15) is 0 Å². The number of hydrogen-bond donors (Lipinski definition) is 1. The molecule has 1 N–H and O–H groups in total. The van der Waals surface area contributed by atoms with Crippen LogP contribution in [0.15, 0.2) is 30.3 Å². The predicted octanol–water partition coefficient (Wildman–Crippen LogP) is 0.710. The highest BCUT2D eigenvalue weighted by Crippen LogP contribution is 2.00.